The maximum atomic E-state index is 12.1. The maximum Gasteiger partial charge on any atom is 0.344 e. The summed E-state index contributed by atoms with van der Waals surface area (Å²) in [4.78, 5) is 23.4. The van der Waals surface area contributed by atoms with E-state index in [2.05, 4.69) is 0 Å². The van der Waals surface area contributed by atoms with Gasteiger partial charge in [0.2, 0.25) is 5.91 Å². The first-order chi connectivity index (χ1) is 10.1. The largest absolute Gasteiger partial charge is 0.422 e. The molecule has 1 heterocycles. The average molecular weight is 300 g/mol. The molecule has 2 aromatic carbocycles. The van der Waals surface area contributed by atoms with Crippen molar-refractivity contribution in [2.24, 2.45) is 5.73 Å². The van der Waals surface area contributed by atoms with Crippen molar-refractivity contribution in [1.82, 2.24) is 0 Å². The minimum absolute atomic E-state index is 0.280. The molecule has 2 N–H and O–H groups in total. The molecular weight excluding hydrogens is 290 g/mol. The highest BCUT2D eigenvalue weighted by Crippen LogP contribution is 2.28. The summed E-state index contributed by atoms with van der Waals surface area (Å²) in [5, 5.41) is 1.12. The van der Waals surface area contributed by atoms with E-state index < -0.39 is 11.5 Å². The van der Waals surface area contributed by atoms with Crippen LogP contribution in [0.3, 0.4) is 0 Å². The molecule has 0 aliphatic heterocycles. The maximum absolute atomic E-state index is 12.1. The number of rotatable bonds is 2. The number of hydrogen-bond donors (Lipinski definition) is 1. The van der Waals surface area contributed by atoms with E-state index in [0.29, 0.717) is 21.7 Å². The molecule has 0 saturated carbocycles. The van der Waals surface area contributed by atoms with E-state index in [1.54, 1.807) is 18.2 Å². The van der Waals surface area contributed by atoms with Crippen LogP contribution < -0.4 is 11.4 Å². The van der Waals surface area contributed by atoms with Gasteiger partial charge in [0.1, 0.15) is 5.58 Å². The lowest BCUT2D eigenvalue weighted by atomic mass is 10.0. The van der Waals surface area contributed by atoms with E-state index in [9.17, 15) is 9.59 Å². The summed E-state index contributed by atoms with van der Waals surface area (Å²) in [7, 11) is 0. The van der Waals surface area contributed by atoms with Crippen LogP contribution in [-0.2, 0) is 0 Å². The van der Waals surface area contributed by atoms with E-state index in [-0.39, 0.29) is 5.56 Å². The Kier molecular flexibility index (Phi) is 3.23. The number of amides is 1. The van der Waals surface area contributed by atoms with Gasteiger partial charge in [0.15, 0.2) is 0 Å². The van der Waals surface area contributed by atoms with Crippen LogP contribution in [0.4, 0.5) is 0 Å². The summed E-state index contributed by atoms with van der Waals surface area (Å²) >= 11 is 6.13. The Labute approximate surface area is 124 Å². The van der Waals surface area contributed by atoms with Crippen LogP contribution in [0.2, 0.25) is 5.02 Å². The molecule has 0 fully saturated rings. The topological polar surface area (TPSA) is 73.3 Å². The molecule has 0 unspecified atom stereocenters. The third-order valence-electron chi connectivity index (χ3n) is 3.18. The molecular formula is C16H10ClNO3. The predicted molar refractivity (Wildman–Crippen MR) is 81.4 cm³/mol. The number of carbonyl (C=O) groups is 1. The Morgan fingerprint density at radius 1 is 1.05 bits per heavy atom. The van der Waals surface area contributed by atoms with Crippen molar-refractivity contribution >= 4 is 28.5 Å². The average Bonchev–Trinajstić information content (AvgIpc) is 2.47. The summed E-state index contributed by atoms with van der Waals surface area (Å²) in [6.07, 6.45) is 0. The van der Waals surface area contributed by atoms with Crippen LogP contribution in [0.25, 0.3) is 22.1 Å². The van der Waals surface area contributed by atoms with Crippen molar-refractivity contribution in [2.75, 3.05) is 0 Å². The lowest BCUT2D eigenvalue weighted by molar-refractivity contribution is 0.100. The molecule has 0 aliphatic rings. The molecule has 1 aromatic heterocycles. The zero-order valence-electron chi connectivity index (χ0n) is 10.8. The van der Waals surface area contributed by atoms with Crippen molar-refractivity contribution in [3.63, 3.8) is 0 Å². The third-order valence-corrected chi connectivity index (χ3v) is 3.51. The third kappa shape index (κ3) is 2.41. The molecule has 3 aromatic rings. The summed E-state index contributed by atoms with van der Waals surface area (Å²) in [6, 6.07) is 13.4. The molecule has 0 aliphatic carbocycles. The highest BCUT2D eigenvalue weighted by atomic mass is 35.5. The first kappa shape index (κ1) is 13.4. The number of halogens is 1. The van der Waals surface area contributed by atoms with Crippen molar-refractivity contribution < 1.29 is 9.21 Å². The molecule has 0 spiro atoms. The first-order valence-electron chi connectivity index (χ1n) is 6.19. The standard InChI is InChI=1S/C16H10ClNO3/c17-13-6-5-10(15(18)19)8-11(13)12-7-9-3-1-2-4-14(9)21-16(12)20/h1-8H,(H2,18,19). The monoisotopic (exact) mass is 299 g/mol. The second-order valence-corrected chi connectivity index (χ2v) is 4.95. The Hall–Kier alpha value is -2.59. The smallest absolute Gasteiger partial charge is 0.344 e. The second kappa shape index (κ2) is 5.07. The number of hydrogen-bond acceptors (Lipinski definition) is 3. The number of primary amides is 1. The fraction of sp³-hybridized carbons (Fsp3) is 0. The van der Waals surface area contributed by atoms with Crippen LogP contribution in [0.15, 0.2) is 57.7 Å². The van der Waals surface area contributed by atoms with Gasteiger partial charge in [-0.05, 0) is 30.3 Å². The summed E-state index contributed by atoms with van der Waals surface area (Å²) in [5.74, 6) is -0.585. The normalized spacial score (nSPS) is 10.7. The molecule has 0 bridgehead atoms. The molecule has 3 rings (SSSR count). The van der Waals surface area contributed by atoms with Crippen LogP contribution >= 0.6 is 11.6 Å². The highest BCUT2D eigenvalue weighted by Gasteiger charge is 2.13. The van der Waals surface area contributed by atoms with E-state index in [4.69, 9.17) is 21.8 Å². The molecule has 4 nitrogen and oxygen atoms in total. The van der Waals surface area contributed by atoms with E-state index >= 15 is 0 Å². The van der Waals surface area contributed by atoms with Crippen LogP contribution in [0.5, 0.6) is 0 Å². The number of carbonyl (C=O) groups excluding carboxylic acids is 1. The van der Waals surface area contributed by atoms with Crippen molar-refractivity contribution in [1.29, 1.82) is 0 Å². The Balaban J connectivity index is 2.29. The molecule has 0 saturated heterocycles. The Bertz CT molecular complexity index is 915. The fourth-order valence-electron chi connectivity index (χ4n) is 2.13. The van der Waals surface area contributed by atoms with E-state index in [1.807, 2.05) is 12.1 Å². The molecule has 104 valence electrons. The fourth-order valence-corrected chi connectivity index (χ4v) is 2.35. The Morgan fingerprint density at radius 2 is 1.81 bits per heavy atom. The van der Waals surface area contributed by atoms with Gasteiger partial charge < -0.3 is 10.2 Å². The molecule has 0 atom stereocenters. The number of fused-ring (bicyclic) bond motifs is 1. The van der Waals surface area contributed by atoms with Crippen molar-refractivity contribution in [2.45, 2.75) is 0 Å². The van der Waals surface area contributed by atoms with Crippen LogP contribution in [0.1, 0.15) is 10.4 Å². The van der Waals surface area contributed by atoms with Crippen LogP contribution in [-0.4, -0.2) is 5.91 Å². The molecule has 5 heteroatoms. The highest BCUT2D eigenvalue weighted by molar-refractivity contribution is 6.33. The van der Waals surface area contributed by atoms with Gasteiger partial charge >= 0.3 is 5.63 Å². The van der Waals surface area contributed by atoms with Gasteiger partial charge in [-0.3, -0.25) is 4.79 Å². The van der Waals surface area contributed by atoms with Gasteiger partial charge in [0.25, 0.3) is 0 Å². The number of para-hydroxylation sites is 1. The zero-order valence-corrected chi connectivity index (χ0v) is 11.6. The van der Waals surface area contributed by atoms with Gasteiger partial charge in [-0.1, -0.05) is 29.8 Å². The quantitative estimate of drug-likeness (QED) is 0.738. The van der Waals surface area contributed by atoms with Crippen molar-refractivity contribution in [3.8, 4) is 11.1 Å². The second-order valence-electron chi connectivity index (χ2n) is 4.54. The first-order valence-corrected chi connectivity index (χ1v) is 6.56. The van der Waals surface area contributed by atoms with E-state index in [1.165, 1.54) is 18.2 Å². The lowest BCUT2D eigenvalue weighted by Gasteiger charge is -2.06. The van der Waals surface area contributed by atoms with Gasteiger partial charge in [-0.25, -0.2) is 4.79 Å². The predicted octanol–water partition coefficient (Wildman–Crippen LogP) is 3.21. The summed E-state index contributed by atoms with van der Waals surface area (Å²) in [5.41, 5.74) is 6.23. The van der Waals surface area contributed by atoms with Gasteiger partial charge in [-0.15, -0.1) is 0 Å². The summed E-state index contributed by atoms with van der Waals surface area (Å²) in [6.45, 7) is 0. The minimum Gasteiger partial charge on any atom is -0.422 e. The van der Waals surface area contributed by atoms with Gasteiger partial charge in [-0.2, -0.15) is 0 Å². The van der Waals surface area contributed by atoms with Crippen molar-refractivity contribution in [3.05, 3.63) is 69.5 Å². The van der Waals surface area contributed by atoms with E-state index in [0.717, 1.165) is 5.39 Å². The number of nitrogens with two attached hydrogens (primary N) is 1. The lowest BCUT2D eigenvalue weighted by Crippen LogP contribution is -2.11. The summed E-state index contributed by atoms with van der Waals surface area (Å²) < 4.78 is 5.27. The zero-order chi connectivity index (χ0) is 15.0. The van der Waals surface area contributed by atoms with Gasteiger partial charge in [0, 0.05) is 21.5 Å². The molecule has 21 heavy (non-hydrogen) atoms. The van der Waals surface area contributed by atoms with Crippen LogP contribution in [0, 0.1) is 0 Å². The SMILES string of the molecule is NC(=O)c1ccc(Cl)c(-c2cc3ccccc3oc2=O)c1. The minimum atomic E-state index is -0.585. The molecule has 0 radical (unpaired) electrons. The Morgan fingerprint density at radius 3 is 2.57 bits per heavy atom. The van der Waals surface area contributed by atoms with Gasteiger partial charge in [0.05, 0.1) is 5.56 Å². The number of benzene rings is 2. The molecule has 1 amide bonds.